The van der Waals surface area contributed by atoms with Gasteiger partial charge in [-0.25, -0.2) is 0 Å². The molecule has 0 spiro atoms. The molecule has 0 aromatic carbocycles. The fourth-order valence-electron chi connectivity index (χ4n) is 2.76. The molecule has 2 rings (SSSR count). The second kappa shape index (κ2) is 6.74. The van der Waals surface area contributed by atoms with Crippen molar-refractivity contribution >= 4 is 5.69 Å². The molecule has 0 aliphatic carbocycles. The molecule has 0 saturated carbocycles. The Balaban J connectivity index is 1.70. The third kappa shape index (κ3) is 3.98. The number of hydrogen-bond acceptors (Lipinski definition) is 3. The lowest BCUT2D eigenvalue weighted by Crippen LogP contribution is -2.35. The maximum atomic E-state index is 5.64. The summed E-state index contributed by atoms with van der Waals surface area (Å²) < 4.78 is 0. The highest BCUT2D eigenvalue weighted by Crippen LogP contribution is 2.21. The monoisotopic (exact) mass is 247 g/mol. The molecular weight excluding hydrogens is 222 g/mol. The van der Waals surface area contributed by atoms with E-state index in [4.69, 9.17) is 5.73 Å². The van der Waals surface area contributed by atoms with Crippen molar-refractivity contribution in [3.05, 3.63) is 24.0 Å². The van der Waals surface area contributed by atoms with Crippen molar-refractivity contribution in [1.29, 1.82) is 0 Å². The van der Waals surface area contributed by atoms with Crippen molar-refractivity contribution in [3.8, 4) is 0 Å². The first kappa shape index (κ1) is 13.3. The number of nitrogens with two attached hydrogens (primary N) is 1. The van der Waals surface area contributed by atoms with Crippen LogP contribution >= 0.6 is 0 Å². The molecule has 1 saturated heterocycles. The Morgan fingerprint density at radius 2 is 2.11 bits per heavy atom. The number of hydrogen-bond donors (Lipinski definition) is 1. The van der Waals surface area contributed by atoms with E-state index in [2.05, 4.69) is 16.8 Å². The van der Waals surface area contributed by atoms with Crippen molar-refractivity contribution in [2.45, 2.75) is 39.0 Å². The fraction of sp³-hybridized carbons (Fsp3) is 0.667. The number of piperidine rings is 1. The summed E-state index contributed by atoms with van der Waals surface area (Å²) in [6, 6.07) is 3.98. The zero-order chi connectivity index (χ0) is 12.8. The molecule has 2 N–H and O–H groups in total. The van der Waals surface area contributed by atoms with Crippen LogP contribution in [0.4, 0.5) is 5.69 Å². The summed E-state index contributed by atoms with van der Waals surface area (Å²) in [4.78, 5) is 6.93. The first-order chi connectivity index (χ1) is 8.78. The molecule has 0 atom stereocenters. The standard InChI is InChI=1S/C15H25N3/c1-2-3-13-6-9-18(10-7-13)11-8-15-5-4-14(16)12-17-15/h4-5,12-13H,2-3,6-11,16H2,1H3. The molecule has 1 aromatic rings. The van der Waals surface area contributed by atoms with Gasteiger partial charge in [-0.1, -0.05) is 19.8 Å². The summed E-state index contributed by atoms with van der Waals surface area (Å²) in [7, 11) is 0. The third-order valence-corrected chi connectivity index (χ3v) is 3.94. The zero-order valence-electron chi connectivity index (χ0n) is 11.4. The Bertz CT molecular complexity index is 339. The lowest BCUT2D eigenvalue weighted by Gasteiger charge is -2.31. The summed E-state index contributed by atoms with van der Waals surface area (Å²) in [6.07, 6.45) is 8.29. The molecule has 0 amide bonds. The number of rotatable bonds is 5. The van der Waals surface area contributed by atoms with Crippen LogP contribution in [0.3, 0.4) is 0 Å². The van der Waals surface area contributed by atoms with Gasteiger partial charge in [-0.05, 0) is 44.0 Å². The first-order valence-electron chi connectivity index (χ1n) is 7.20. The van der Waals surface area contributed by atoms with Gasteiger partial charge in [0.15, 0.2) is 0 Å². The van der Waals surface area contributed by atoms with E-state index in [0.29, 0.717) is 0 Å². The average Bonchev–Trinajstić information content (AvgIpc) is 2.40. The molecule has 1 aromatic heterocycles. The van der Waals surface area contributed by atoms with E-state index < -0.39 is 0 Å². The van der Waals surface area contributed by atoms with Gasteiger partial charge in [-0.3, -0.25) is 4.98 Å². The summed E-state index contributed by atoms with van der Waals surface area (Å²) in [6.45, 7) is 5.95. The number of pyridine rings is 1. The lowest BCUT2D eigenvalue weighted by molar-refractivity contribution is 0.180. The van der Waals surface area contributed by atoms with Gasteiger partial charge in [-0.2, -0.15) is 0 Å². The smallest absolute Gasteiger partial charge is 0.0501 e. The molecule has 100 valence electrons. The summed E-state index contributed by atoms with van der Waals surface area (Å²) in [5.74, 6) is 0.973. The van der Waals surface area contributed by atoms with E-state index in [9.17, 15) is 0 Å². The maximum absolute atomic E-state index is 5.64. The number of nitrogens with zero attached hydrogens (tertiary/aromatic N) is 2. The zero-order valence-corrected chi connectivity index (χ0v) is 11.4. The molecule has 1 aliphatic heterocycles. The van der Waals surface area contributed by atoms with Crippen LogP contribution in [-0.2, 0) is 6.42 Å². The van der Waals surface area contributed by atoms with Crippen LogP contribution in [0.25, 0.3) is 0 Å². The third-order valence-electron chi connectivity index (χ3n) is 3.94. The van der Waals surface area contributed by atoms with Crippen molar-refractivity contribution in [3.63, 3.8) is 0 Å². The Hall–Kier alpha value is -1.09. The molecule has 0 radical (unpaired) electrons. The Morgan fingerprint density at radius 1 is 1.33 bits per heavy atom. The van der Waals surface area contributed by atoms with Crippen molar-refractivity contribution in [2.24, 2.45) is 5.92 Å². The van der Waals surface area contributed by atoms with E-state index in [-0.39, 0.29) is 0 Å². The molecule has 1 fully saturated rings. The largest absolute Gasteiger partial charge is 0.397 e. The van der Waals surface area contributed by atoms with Crippen LogP contribution in [0, 0.1) is 5.92 Å². The average molecular weight is 247 g/mol. The first-order valence-corrected chi connectivity index (χ1v) is 7.20. The van der Waals surface area contributed by atoms with Crippen molar-refractivity contribution < 1.29 is 0 Å². The minimum Gasteiger partial charge on any atom is -0.397 e. The van der Waals surface area contributed by atoms with E-state index in [1.54, 1.807) is 6.20 Å². The minimum atomic E-state index is 0.749. The van der Waals surface area contributed by atoms with Crippen LogP contribution in [-0.4, -0.2) is 29.5 Å². The lowest BCUT2D eigenvalue weighted by atomic mass is 9.92. The van der Waals surface area contributed by atoms with Gasteiger partial charge in [0, 0.05) is 18.7 Å². The van der Waals surface area contributed by atoms with Crippen LogP contribution in [0.1, 0.15) is 38.3 Å². The predicted octanol–water partition coefficient (Wildman–Crippen LogP) is 2.72. The highest BCUT2D eigenvalue weighted by molar-refractivity contribution is 5.34. The molecule has 3 heteroatoms. The van der Waals surface area contributed by atoms with Gasteiger partial charge in [0.1, 0.15) is 0 Å². The molecule has 2 heterocycles. The van der Waals surface area contributed by atoms with Gasteiger partial charge in [0.2, 0.25) is 0 Å². The van der Waals surface area contributed by atoms with Crippen LogP contribution < -0.4 is 5.73 Å². The van der Waals surface area contributed by atoms with Gasteiger partial charge in [0.05, 0.1) is 11.9 Å². The number of aromatic nitrogens is 1. The Kier molecular flexibility index (Phi) is 5.00. The Labute approximate surface area is 110 Å². The van der Waals surface area contributed by atoms with E-state index in [1.165, 1.54) is 38.8 Å². The van der Waals surface area contributed by atoms with E-state index in [0.717, 1.165) is 30.3 Å². The summed E-state index contributed by atoms with van der Waals surface area (Å²) in [5.41, 5.74) is 7.54. The second-order valence-corrected chi connectivity index (χ2v) is 5.41. The highest BCUT2D eigenvalue weighted by atomic mass is 15.1. The van der Waals surface area contributed by atoms with E-state index >= 15 is 0 Å². The predicted molar refractivity (Wildman–Crippen MR) is 76.4 cm³/mol. The van der Waals surface area contributed by atoms with Crippen LogP contribution in [0.5, 0.6) is 0 Å². The topological polar surface area (TPSA) is 42.1 Å². The van der Waals surface area contributed by atoms with Crippen molar-refractivity contribution in [2.75, 3.05) is 25.4 Å². The maximum Gasteiger partial charge on any atom is 0.0501 e. The fourth-order valence-corrected chi connectivity index (χ4v) is 2.76. The minimum absolute atomic E-state index is 0.749. The second-order valence-electron chi connectivity index (χ2n) is 5.41. The van der Waals surface area contributed by atoms with Gasteiger partial charge >= 0.3 is 0 Å². The molecule has 0 bridgehead atoms. The molecule has 3 nitrogen and oxygen atoms in total. The Morgan fingerprint density at radius 3 is 2.72 bits per heavy atom. The quantitative estimate of drug-likeness (QED) is 0.870. The van der Waals surface area contributed by atoms with Gasteiger partial charge < -0.3 is 10.6 Å². The van der Waals surface area contributed by atoms with Crippen LogP contribution in [0.2, 0.25) is 0 Å². The SMILES string of the molecule is CCCC1CCN(CCc2ccc(N)cn2)CC1. The normalized spacial score (nSPS) is 18.1. The number of anilines is 1. The van der Waals surface area contributed by atoms with E-state index in [1.807, 2.05) is 12.1 Å². The molecule has 1 aliphatic rings. The number of nitrogen functional groups attached to an aromatic ring is 1. The van der Waals surface area contributed by atoms with Crippen LogP contribution in [0.15, 0.2) is 18.3 Å². The molecular formula is C15H25N3. The van der Waals surface area contributed by atoms with Gasteiger partial charge in [0.25, 0.3) is 0 Å². The van der Waals surface area contributed by atoms with Gasteiger partial charge in [-0.15, -0.1) is 0 Å². The summed E-state index contributed by atoms with van der Waals surface area (Å²) >= 11 is 0. The summed E-state index contributed by atoms with van der Waals surface area (Å²) in [5, 5.41) is 0. The highest BCUT2D eigenvalue weighted by Gasteiger charge is 2.17. The molecule has 0 unspecified atom stereocenters. The number of likely N-dealkylation sites (tertiary alicyclic amines) is 1. The molecule has 18 heavy (non-hydrogen) atoms. The van der Waals surface area contributed by atoms with Crippen molar-refractivity contribution in [1.82, 2.24) is 9.88 Å².